The smallest absolute Gasteiger partial charge is 0.137 e. The molecule has 2 aliphatic rings. The number of thioether (sulfide) groups is 2. The van der Waals surface area contributed by atoms with Crippen LogP contribution in [0.4, 0.5) is 5.82 Å². The molecule has 1 saturated carbocycles. The van der Waals surface area contributed by atoms with Crippen molar-refractivity contribution in [3.05, 3.63) is 16.5 Å². The van der Waals surface area contributed by atoms with E-state index in [1.807, 2.05) is 18.7 Å². The minimum Gasteiger partial charge on any atom is -0.369 e. The molecule has 1 aromatic rings. The van der Waals surface area contributed by atoms with Gasteiger partial charge in [0.2, 0.25) is 0 Å². The van der Waals surface area contributed by atoms with Gasteiger partial charge in [0, 0.05) is 40.5 Å². The molecule has 1 N–H and O–H groups in total. The van der Waals surface area contributed by atoms with E-state index in [-0.39, 0.29) is 0 Å². The number of aromatic nitrogens is 2. The van der Waals surface area contributed by atoms with Crippen molar-refractivity contribution < 1.29 is 0 Å². The molecule has 1 aliphatic carbocycles. The highest BCUT2D eigenvalue weighted by Gasteiger charge is 2.28. The maximum atomic E-state index is 6.21. The van der Waals surface area contributed by atoms with Crippen molar-refractivity contribution in [3.8, 4) is 0 Å². The molecule has 1 atom stereocenters. The van der Waals surface area contributed by atoms with Crippen LogP contribution in [0.25, 0.3) is 0 Å². The molecule has 1 aliphatic heterocycles. The summed E-state index contributed by atoms with van der Waals surface area (Å²) in [5.41, 5.74) is 0.972. The molecular formula is C13H18ClN3S2. The van der Waals surface area contributed by atoms with Crippen molar-refractivity contribution in [1.29, 1.82) is 0 Å². The topological polar surface area (TPSA) is 37.8 Å². The van der Waals surface area contributed by atoms with Crippen molar-refractivity contribution in [2.75, 3.05) is 29.1 Å². The average molecular weight is 316 g/mol. The number of rotatable bonds is 4. The predicted molar refractivity (Wildman–Crippen MR) is 85.8 cm³/mol. The van der Waals surface area contributed by atoms with Crippen LogP contribution < -0.4 is 5.32 Å². The van der Waals surface area contributed by atoms with Crippen molar-refractivity contribution in [2.24, 2.45) is 0 Å². The standard InChI is InChI=1S/C13H18ClN3S2/c1-8-11(14)16-13(9-2-3-9)17-12(8)15-6-10-7-18-4-5-19-10/h9-10H,2-7H2,1H3,(H,15,16,17). The Morgan fingerprint density at radius 2 is 2.16 bits per heavy atom. The molecule has 0 radical (unpaired) electrons. The van der Waals surface area contributed by atoms with E-state index < -0.39 is 0 Å². The SMILES string of the molecule is Cc1c(Cl)nc(C2CC2)nc1NCC1CSCCS1. The van der Waals surface area contributed by atoms with Crippen molar-refractivity contribution in [2.45, 2.75) is 30.9 Å². The van der Waals surface area contributed by atoms with Gasteiger partial charge in [0.15, 0.2) is 0 Å². The molecule has 104 valence electrons. The molecular weight excluding hydrogens is 298 g/mol. The summed E-state index contributed by atoms with van der Waals surface area (Å²) in [5.74, 6) is 6.16. The van der Waals surface area contributed by atoms with Gasteiger partial charge in [0.05, 0.1) is 0 Å². The summed E-state index contributed by atoms with van der Waals surface area (Å²) in [6.45, 7) is 2.96. The van der Waals surface area contributed by atoms with Crippen molar-refractivity contribution in [3.63, 3.8) is 0 Å². The minimum atomic E-state index is 0.540. The van der Waals surface area contributed by atoms with E-state index in [4.69, 9.17) is 11.6 Å². The highest BCUT2D eigenvalue weighted by atomic mass is 35.5. The van der Waals surface area contributed by atoms with Crippen LogP contribution >= 0.6 is 35.1 Å². The number of nitrogens with one attached hydrogen (secondary N) is 1. The van der Waals surface area contributed by atoms with Gasteiger partial charge in [-0.25, -0.2) is 9.97 Å². The second-order valence-electron chi connectivity index (χ2n) is 5.07. The first-order valence-electron chi connectivity index (χ1n) is 6.71. The summed E-state index contributed by atoms with van der Waals surface area (Å²) >= 11 is 10.3. The van der Waals surface area contributed by atoms with Gasteiger partial charge in [-0.2, -0.15) is 23.5 Å². The fourth-order valence-electron chi connectivity index (χ4n) is 2.07. The molecule has 3 rings (SSSR count). The first-order valence-corrected chi connectivity index (χ1v) is 9.29. The Morgan fingerprint density at radius 1 is 1.32 bits per heavy atom. The third-order valence-electron chi connectivity index (χ3n) is 3.43. The van der Waals surface area contributed by atoms with Gasteiger partial charge in [-0.3, -0.25) is 0 Å². The lowest BCUT2D eigenvalue weighted by Crippen LogP contribution is -2.24. The molecule has 0 spiro atoms. The predicted octanol–water partition coefficient (Wildman–Crippen LogP) is 3.58. The Morgan fingerprint density at radius 3 is 2.84 bits per heavy atom. The second-order valence-corrected chi connectivity index (χ2v) is 7.99. The normalized spacial score (nSPS) is 23.4. The summed E-state index contributed by atoms with van der Waals surface area (Å²) < 4.78 is 0. The zero-order valence-corrected chi connectivity index (χ0v) is 13.4. The Hall–Kier alpha value is -0.130. The van der Waals surface area contributed by atoms with Gasteiger partial charge in [0.25, 0.3) is 0 Å². The second kappa shape index (κ2) is 6.10. The first kappa shape index (κ1) is 13.8. The maximum absolute atomic E-state index is 6.21. The van der Waals surface area contributed by atoms with Crippen molar-refractivity contribution in [1.82, 2.24) is 9.97 Å². The van der Waals surface area contributed by atoms with E-state index in [1.165, 1.54) is 30.1 Å². The lowest BCUT2D eigenvalue weighted by molar-refractivity contribution is 0.904. The van der Waals surface area contributed by atoms with Crippen LogP contribution in [0, 0.1) is 6.92 Å². The zero-order valence-electron chi connectivity index (χ0n) is 11.0. The Kier molecular flexibility index (Phi) is 4.44. The van der Waals surface area contributed by atoms with Gasteiger partial charge < -0.3 is 5.32 Å². The summed E-state index contributed by atoms with van der Waals surface area (Å²) in [6.07, 6.45) is 2.40. The Bertz CT molecular complexity index is 459. The summed E-state index contributed by atoms with van der Waals surface area (Å²) in [5, 5.41) is 4.76. The Labute approximate surface area is 127 Å². The van der Waals surface area contributed by atoms with E-state index >= 15 is 0 Å². The number of hydrogen-bond donors (Lipinski definition) is 1. The summed E-state index contributed by atoms with van der Waals surface area (Å²) in [6, 6.07) is 0. The lowest BCUT2D eigenvalue weighted by Gasteiger charge is -2.22. The molecule has 0 aromatic carbocycles. The molecule has 2 heterocycles. The third kappa shape index (κ3) is 3.50. The highest BCUT2D eigenvalue weighted by molar-refractivity contribution is 8.06. The van der Waals surface area contributed by atoms with Crippen LogP contribution in [0.3, 0.4) is 0 Å². The molecule has 1 saturated heterocycles. The zero-order chi connectivity index (χ0) is 13.2. The van der Waals surface area contributed by atoms with Crippen LogP contribution in [0.15, 0.2) is 0 Å². The molecule has 2 fully saturated rings. The lowest BCUT2D eigenvalue weighted by atomic mass is 10.3. The first-order chi connectivity index (χ1) is 9.24. The monoisotopic (exact) mass is 315 g/mol. The van der Waals surface area contributed by atoms with Crippen LogP contribution in [0.1, 0.15) is 30.1 Å². The third-order valence-corrected chi connectivity index (χ3v) is 6.64. The quantitative estimate of drug-likeness (QED) is 0.860. The van der Waals surface area contributed by atoms with E-state index in [0.717, 1.165) is 23.8 Å². The minimum absolute atomic E-state index is 0.540. The molecule has 0 amide bonds. The van der Waals surface area contributed by atoms with Crippen LogP contribution in [-0.2, 0) is 0 Å². The van der Waals surface area contributed by atoms with Crippen LogP contribution in [-0.4, -0.2) is 39.0 Å². The van der Waals surface area contributed by atoms with Gasteiger partial charge >= 0.3 is 0 Å². The Balaban J connectivity index is 1.68. The van der Waals surface area contributed by atoms with Gasteiger partial charge in [-0.1, -0.05) is 11.6 Å². The maximum Gasteiger partial charge on any atom is 0.137 e. The average Bonchev–Trinajstić information content (AvgIpc) is 3.26. The molecule has 19 heavy (non-hydrogen) atoms. The number of halogens is 1. The number of hydrogen-bond acceptors (Lipinski definition) is 5. The molecule has 1 unspecified atom stereocenters. The highest BCUT2D eigenvalue weighted by Crippen LogP contribution is 2.39. The van der Waals surface area contributed by atoms with Crippen LogP contribution in [0.2, 0.25) is 5.15 Å². The van der Waals surface area contributed by atoms with Gasteiger partial charge in [-0.15, -0.1) is 0 Å². The molecule has 1 aromatic heterocycles. The number of anilines is 1. The van der Waals surface area contributed by atoms with E-state index in [0.29, 0.717) is 16.3 Å². The summed E-state index contributed by atoms with van der Waals surface area (Å²) in [7, 11) is 0. The van der Waals surface area contributed by atoms with E-state index in [9.17, 15) is 0 Å². The summed E-state index contributed by atoms with van der Waals surface area (Å²) in [4.78, 5) is 9.05. The van der Waals surface area contributed by atoms with Gasteiger partial charge in [0.1, 0.15) is 16.8 Å². The molecule has 3 nitrogen and oxygen atoms in total. The molecule has 6 heteroatoms. The fourth-order valence-corrected chi connectivity index (χ4v) is 4.85. The van der Waals surface area contributed by atoms with E-state index in [2.05, 4.69) is 27.0 Å². The fraction of sp³-hybridized carbons (Fsp3) is 0.692. The van der Waals surface area contributed by atoms with E-state index in [1.54, 1.807) is 0 Å². The van der Waals surface area contributed by atoms with Crippen molar-refractivity contribution >= 4 is 40.9 Å². The molecule has 0 bridgehead atoms. The number of nitrogens with zero attached hydrogens (tertiary/aromatic N) is 2. The van der Waals surface area contributed by atoms with Crippen LogP contribution in [0.5, 0.6) is 0 Å². The van der Waals surface area contributed by atoms with Gasteiger partial charge in [-0.05, 0) is 19.8 Å². The largest absolute Gasteiger partial charge is 0.369 e.